The molecule has 0 atom stereocenters. The third kappa shape index (κ3) is 5.88. The fourth-order valence-electron chi connectivity index (χ4n) is 3.18. The standard InChI is InChI=1S/C25H21N5O5/c1-34-24-13-19(9-12-23(24)35-16-18-5-3-2-4-6-18)21-14-22(28-27-21)25(31)29-26-15-17-7-10-20(11-8-17)30(32)33/h2-15H,16H2,1H3,(H,27,28)(H,29,31)/b26-15-. The molecule has 1 amide bonds. The van der Waals surface area contributed by atoms with E-state index in [2.05, 4.69) is 20.7 Å². The van der Waals surface area contributed by atoms with E-state index in [1.54, 1.807) is 25.3 Å². The molecule has 0 bridgehead atoms. The number of carbonyl (C=O) groups excluding carboxylic acids is 1. The first kappa shape index (κ1) is 23.2. The van der Waals surface area contributed by atoms with Crippen molar-refractivity contribution < 1.29 is 19.2 Å². The van der Waals surface area contributed by atoms with Gasteiger partial charge in [0.15, 0.2) is 11.5 Å². The average Bonchev–Trinajstić information content (AvgIpc) is 3.39. The highest BCUT2D eigenvalue weighted by molar-refractivity contribution is 5.94. The van der Waals surface area contributed by atoms with Crippen LogP contribution in [0.15, 0.2) is 84.0 Å². The maximum Gasteiger partial charge on any atom is 0.289 e. The highest BCUT2D eigenvalue weighted by Gasteiger charge is 2.13. The number of methoxy groups -OCH3 is 1. The van der Waals surface area contributed by atoms with Crippen molar-refractivity contribution >= 4 is 17.8 Å². The Bertz CT molecular complexity index is 1350. The van der Waals surface area contributed by atoms with Crippen molar-refractivity contribution in [1.29, 1.82) is 0 Å². The minimum atomic E-state index is -0.489. The number of hydrazone groups is 1. The molecule has 0 aliphatic carbocycles. The van der Waals surface area contributed by atoms with Crippen LogP contribution in [0.25, 0.3) is 11.3 Å². The number of aromatic amines is 1. The molecule has 2 N–H and O–H groups in total. The maximum atomic E-state index is 12.4. The minimum Gasteiger partial charge on any atom is -0.493 e. The van der Waals surface area contributed by atoms with Crippen molar-refractivity contribution in [2.75, 3.05) is 7.11 Å². The number of ether oxygens (including phenoxy) is 2. The number of non-ortho nitro benzene ring substituents is 1. The molecule has 3 aromatic carbocycles. The monoisotopic (exact) mass is 471 g/mol. The van der Waals surface area contributed by atoms with Gasteiger partial charge in [0.05, 0.1) is 23.9 Å². The van der Waals surface area contributed by atoms with E-state index in [0.29, 0.717) is 29.4 Å². The van der Waals surface area contributed by atoms with E-state index in [1.807, 2.05) is 36.4 Å². The van der Waals surface area contributed by atoms with E-state index >= 15 is 0 Å². The van der Waals surface area contributed by atoms with Gasteiger partial charge >= 0.3 is 0 Å². The molecule has 0 saturated heterocycles. The van der Waals surface area contributed by atoms with E-state index in [0.717, 1.165) is 11.1 Å². The Morgan fingerprint density at radius 3 is 2.57 bits per heavy atom. The summed E-state index contributed by atoms with van der Waals surface area (Å²) in [7, 11) is 1.56. The van der Waals surface area contributed by atoms with Crippen LogP contribution in [0.1, 0.15) is 21.6 Å². The van der Waals surface area contributed by atoms with Gasteiger partial charge in [0, 0.05) is 17.7 Å². The molecule has 4 rings (SSSR count). The number of rotatable bonds is 9. The van der Waals surface area contributed by atoms with Crippen LogP contribution >= 0.6 is 0 Å². The van der Waals surface area contributed by atoms with Crippen LogP contribution in [-0.4, -0.2) is 34.4 Å². The quantitative estimate of drug-likeness (QED) is 0.212. The molecule has 0 unspecified atom stereocenters. The van der Waals surface area contributed by atoms with Crippen LogP contribution in [0.5, 0.6) is 11.5 Å². The van der Waals surface area contributed by atoms with Gasteiger partial charge in [0.25, 0.3) is 11.6 Å². The summed E-state index contributed by atoms with van der Waals surface area (Å²) in [6, 6.07) is 22.6. The number of nitrogens with zero attached hydrogens (tertiary/aromatic N) is 3. The number of H-pyrrole nitrogens is 1. The molecule has 4 aromatic rings. The summed E-state index contributed by atoms with van der Waals surface area (Å²) in [4.78, 5) is 22.6. The summed E-state index contributed by atoms with van der Waals surface area (Å²) in [5.74, 6) is 0.644. The van der Waals surface area contributed by atoms with Gasteiger partial charge < -0.3 is 9.47 Å². The van der Waals surface area contributed by atoms with Crippen LogP contribution in [0.3, 0.4) is 0 Å². The lowest BCUT2D eigenvalue weighted by Crippen LogP contribution is -2.17. The molecule has 10 nitrogen and oxygen atoms in total. The van der Waals surface area contributed by atoms with E-state index in [1.165, 1.54) is 30.5 Å². The number of amides is 1. The molecule has 0 aliphatic rings. The third-order valence-electron chi connectivity index (χ3n) is 5.00. The van der Waals surface area contributed by atoms with Crippen molar-refractivity contribution in [2.24, 2.45) is 5.10 Å². The number of aromatic nitrogens is 2. The third-order valence-corrected chi connectivity index (χ3v) is 5.00. The van der Waals surface area contributed by atoms with Crippen molar-refractivity contribution in [1.82, 2.24) is 15.6 Å². The van der Waals surface area contributed by atoms with Gasteiger partial charge in [-0.1, -0.05) is 30.3 Å². The van der Waals surface area contributed by atoms with Gasteiger partial charge in [-0.25, -0.2) is 5.43 Å². The summed E-state index contributed by atoms with van der Waals surface area (Å²) < 4.78 is 11.3. The van der Waals surface area contributed by atoms with E-state index in [9.17, 15) is 14.9 Å². The van der Waals surface area contributed by atoms with Gasteiger partial charge in [-0.05, 0) is 47.5 Å². The number of nitro groups is 1. The van der Waals surface area contributed by atoms with Crippen LogP contribution < -0.4 is 14.9 Å². The van der Waals surface area contributed by atoms with Gasteiger partial charge in [0.2, 0.25) is 0 Å². The Labute approximate surface area is 200 Å². The highest BCUT2D eigenvalue weighted by atomic mass is 16.6. The molecule has 1 heterocycles. The van der Waals surface area contributed by atoms with Gasteiger partial charge in [0.1, 0.15) is 12.3 Å². The lowest BCUT2D eigenvalue weighted by molar-refractivity contribution is -0.384. The summed E-state index contributed by atoms with van der Waals surface area (Å²) in [5.41, 5.74) is 5.50. The summed E-state index contributed by atoms with van der Waals surface area (Å²) >= 11 is 0. The number of hydrogen-bond donors (Lipinski definition) is 2. The highest BCUT2D eigenvalue weighted by Crippen LogP contribution is 2.32. The van der Waals surface area contributed by atoms with Crippen LogP contribution in [-0.2, 0) is 6.61 Å². The normalized spacial score (nSPS) is 10.8. The first-order valence-electron chi connectivity index (χ1n) is 10.5. The van der Waals surface area contributed by atoms with Crippen molar-refractivity contribution in [2.45, 2.75) is 6.61 Å². The first-order valence-corrected chi connectivity index (χ1v) is 10.5. The largest absolute Gasteiger partial charge is 0.493 e. The molecule has 0 saturated carbocycles. The molecule has 10 heteroatoms. The van der Waals surface area contributed by atoms with E-state index < -0.39 is 10.8 Å². The molecule has 1 aromatic heterocycles. The number of benzene rings is 3. The zero-order valence-electron chi connectivity index (χ0n) is 18.7. The first-order chi connectivity index (χ1) is 17.0. The number of hydrogen-bond acceptors (Lipinski definition) is 7. The summed E-state index contributed by atoms with van der Waals surface area (Å²) in [5, 5.41) is 21.5. The van der Waals surface area contributed by atoms with Crippen LogP contribution in [0.4, 0.5) is 5.69 Å². The second kappa shape index (κ2) is 10.8. The van der Waals surface area contributed by atoms with Crippen molar-refractivity contribution in [3.8, 4) is 22.8 Å². The second-order valence-electron chi connectivity index (χ2n) is 7.35. The molecule has 176 valence electrons. The van der Waals surface area contributed by atoms with Crippen LogP contribution in [0, 0.1) is 10.1 Å². The molecular formula is C25H21N5O5. The van der Waals surface area contributed by atoms with Crippen molar-refractivity contribution in [3.63, 3.8) is 0 Å². The lowest BCUT2D eigenvalue weighted by atomic mass is 10.1. The minimum absolute atomic E-state index is 0.0244. The number of carbonyl (C=O) groups is 1. The van der Waals surface area contributed by atoms with E-state index in [4.69, 9.17) is 9.47 Å². The molecule has 0 aliphatic heterocycles. The molecule has 35 heavy (non-hydrogen) atoms. The summed E-state index contributed by atoms with van der Waals surface area (Å²) in [6.07, 6.45) is 1.39. The topological polar surface area (TPSA) is 132 Å². The Morgan fingerprint density at radius 2 is 1.86 bits per heavy atom. The van der Waals surface area contributed by atoms with Gasteiger partial charge in [-0.2, -0.15) is 10.2 Å². The predicted octanol–water partition coefficient (Wildman–Crippen LogP) is 4.34. The SMILES string of the molecule is COc1cc(-c2cc(C(=O)N/N=C\c3ccc([N+](=O)[O-])cc3)[nH]n2)ccc1OCc1ccccc1. The van der Waals surface area contributed by atoms with E-state index in [-0.39, 0.29) is 11.4 Å². The smallest absolute Gasteiger partial charge is 0.289 e. The lowest BCUT2D eigenvalue weighted by Gasteiger charge is -2.11. The Morgan fingerprint density at radius 1 is 1.09 bits per heavy atom. The zero-order valence-corrected chi connectivity index (χ0v) is 18.7. The van der Waals surface area contributed by atoms with Crippen molar-refractivity contribution in [3.05, 3.63) is 106 Å². The van der Waals surface area contributed by atoms with Crippen LogP contribution in [0.2, 0.25) is 0 Å². The molecule has 0 spiro atoms. The molecule has 0 fully saturated rings. The number of nitro benzene ring substituents is 1. The number of nitrogens with one attached hydrogen (secondary N) is 2. The Hall–Kier alpha value is -4.99. The zero-order chi connectivity index (χ0) is 24.6. The molecular weight excluding hydrogens is 450 g/mol. The fraction of sp³-hybridized carbons (Fsp3) is 0.0800. The van der Waals surface area contributed by atoms with Gasteiger partial charge in [-0.15, -0.1) is 0 Å². The Balaban J connectivity index is 1.39. The Kier molecular flexibility index (Phi) is 7.12. The second-order valence-corrected chi connectivity index (χ2v) is 7.35. The predicted molar refractivity (Wildman–Crippen MR) is 130 cm³/mol. The maximum absolute atomic E-state index is 12.4. The molecule has 0 radical (unpaired) electrons. The average molecular weight is 471 g/mol. The summed E-state index contributed by atoms with van der Waals surface area (Å²) in [6.45, 7) is 0.406. The van der Waals surface area contributed by atoms with Gasteiger partial charge in [-0.3, -0.25) is 20.0 Å². The fourth-order valence-corrected chi connectivity index (χ4v) is 3.18.